The van der Waals surface area contributed by atoms with Crippen molar-refractivity contribution in [1.29, 1.82) is 0 Å². The quantitative estimate of drug-likeness (QED) is 0.665. The molecule has 0 bridgehead atoms. The topological polar surface area (TPSA) is 35.2 Å². The standard InChI is InChI=1S/C15H33NO/c1-7-9-15(6,10-14(5)16)17-11-13(4)12(3)8-2/h12-14H,7-11,16H2,1-6H3. The summed E-state index contributed by atoms with van der Waals surface area (Å²) in [5.74, 6) is 1.36. The molecule has 0 aromatic rings. The van der Waals surface area contributed by atoms with Gasteiger partial charge in [-0.2, -0.15) is 0 Å². The lowest BCUT2D eigenvalue weighted by molar-refractivity contribution is -0.0662. The smallest absolute Gasteiger partial charge is 0.0669 e. The van der Waals surface area contributed by atoms with E-state index in [9.17, 15) is 0 Å². The Hall–Kier alpha value is -0.0800. The molecule has 0 aromatic carbocycles. The Balaban J connectivity index is 4.25. The lowest BCUT2D eigenvalue weighted by Gasteiger charge is -2.33. The molecule has 0 aliphatic heterocycles. The van der Waals surface area contributed by atoms with Gasteiger partial charge in [0.15, 0.2) is 0 Å². The van der Waals surface area contributed by atoms with Crippen molar-refractivity contribution in [3.8, 4) is 0 Å². The highest BCUT2D eigenvalue weighted by Crippen LogP contribution is 2.26. The van der Waals surface area contributed by atoms with Crippen molar-refractivity contribution in [3.05, 3.63) is 0 Å². The van der Waals surface area contributed by atoms with Gasteiger partial charge in [0.25, 0.3) is 0 Å². The molecule has 0 aromatic heterocycles. The summed E-state index contributed by atoms with van der Waals surface area (Å²) in [6, 6.07) is 0.213. The summed E-state index contributed by atoms with van der Waals surface area (Å²) in [5, 5.41) is 0. The average molecular weight is 243 g/mol. The van der Waals surface area contributed by atoms with Crippen molar-refractivity contribution in [2.45, 2.75) is 78.9 Å². The van der Waals surface area contributed by atoms with Crippen molar-refractivity contribution in [2.75, 3.05) is 6.61 Å². The van der Waals surface area contributed by atoms with E-state index in [0.717, 1.165) is 31.8 Å². The number of nitrogens with two attached hydrogens (primary N) is 1. The van der Waals surface area contributed by atoms with Gasteiger partial charge in [-0.15, -0.1) is 0 Å². The van der Waals surface area contributed by atoms with Crippen LogP contribution in [0.25, 0.3) is 0 Å². The predicted octanol–water partition coefficient (Wildman–Crippen LogP) is 3.98. The van der Waals surface area contributed by atoms with Crippen molar-refractivity contribution >= 4 is 0 Å². The van der Waals surface area contributed by atoms with Gasteiger partial charge in [-0.25, -0.2) is 0 Å². The first-order chi connectivity index (χ1) is 7.84. The Labute approximate surface area is 108 Å². The molecule has 0 amide bonds. The van der Waals surface area contributed by atoms with Gasteiger partial charge >= 0.3 is 0 Å². The van der Waals surface area contributed by atoms with E-state index in [1.54, 1.807) is 0 Å². The molecule has 104 valence electrons. The fraction of sp³-hybridized carbons (Fsp3) is 1.00. The van der Waals surface area contributed by atoms with E-state index >= 15 is 0 Å². The van der Waals surface area contributed by atoms with E-state index in [1.807, 2.05) is 0 Å². The van der Waals surface area contributed by atoms with E-state index in [0.29, 0.717) is 5.92 Å². The minimum absolute atomic E-state index is 0.0371. The molecule has 0 radical (unpaired) electrons. The first kappa shape index (κ1) is 16.9. The van der Waals surface area contributed by atoms with Crippen molar-refractivity contribution in [3.63, 3.8) is 0 Å². The zero-order valence-electron chi connectivity index (χ0n) is 12.8. The summed E-state index contributed by atoms with van der Waals surface area (Å²) in [6.45, 7) is 14.2. The number of rotatable bonds is 9. The van der Waals surface area contributed by atoms with Crippen LogP contribution in [0.15, 0.2) is 0 Å². The highest BCUT2D eigenvalue weighted by atomic mass is 16.5. The molecule has 0 rings (SSSR count). The molecule has 4 atom stereocenters. The Kier molecular flexibility index (Phi) is 8.06. The van der Waals surface area contributed by atoms with Gasteiger partial charge in [0, 0.05) is 6.04 Å². The summed E-state index contributed by atoms with van der Waals surface area (Å²) in [6.07, 6.45) is 4.43. The first-order valence-electron chi connectivity index (χ1n) is 7.24. The summed E-state index contributed by atoms with van der Waals surface area (Å²) < 4.78 is 6.19. The maximum Gasteiger partial charge on any atom is 0.0669 e. The summed E-state index contributed by atoms with van der Waals surface area (Å²) in [7, 11) is 0. The van der Waals surface area contributed by atoms with Crippen LogP contribution in [0.4, 0.5) is 0 Å². The molecule has 2 nitrogen and oxygen atoms in total. The second kappa shape index (κ2) is 8.10. The van der Waals surface area contributed by atoms with Crippen molar-refractivity contribution in [1.82, 2.24) is 0 Å². The third-order valence-electron chi connectivity index (χ3n) is 3.84. The molecule has 0 fully saturated rings. The molecule has 0 spiro atoms. The molecule has 0 aliphatic rings. The molecular formula is C15H33NO. The van der Waals surface area contributed by atoms with Gasteiger partial charge in [-0.3, -0.25) is 0 Å². The Morgan fingerprint density at radius 3 is 2.12 bits per heavy atom. The van der Waals surface area contributed by atoms with E-state index < -0.39 is 0 Å². The lowest BCUT2D eigenvalue weighted by atomic mass is 9.91. The minimum Gasteiger partial charge on any atom is -0.375 e. The van der Waals surface area contributed by atoms with E-state index in [4.69, 9.17) is 10.5 Å². The molecule has 2 N–H and O–H groups in total. The van der Waals surface area contributed by atoms with Gasteiger partial charge in [0.05, 0.1) is 12.2 Å². The minimum atomic E-state index is -0.0371. The Morgan fingerprint density at radius 1 is 1.12 bits per heavy atom. The molecule has 4 unspecified atom stereocenters. The maximum absolute atomic E-state index is 6.19. The fourth-order valence-electron chi connectivity index (χ4n) is 2.34. The Bertz CT molecular complexity index is 193. The summed E-state index contributed by atoms with van der Waals surface area (Å²) in [4.78, 5) is 0. The normalized spacial score (nSPS) is 20.6. The van der Waals surface area contributed by atoms with Crippen molar-refractivity contribution < 1.29 is 4.74 Å². The monoisotopic (exact) mass is 243 g/mol. The number of hydrogen-bond acceptors (Lipinski definition) is 2. The summed E-state index contributed by atoms with van der Waals surface area (Å²) in [5.41, 5.74) is 5.88. The molecule has 0 saturated carbocycles. The molecule has 0 saturated heterocycles. The van der Waals surface area contributed by atoms with E-state index in [-0.39, 0.29) is 11.6 Å². The molecule has 17 heavy (non-hydrogen) atoms. The Morgan fingerprint density at radius 2 is 1.71 bits per heavy atom. The highest BCUT2D eigenvalue weighted by molar-refractivity contribution is 4.79. The zero-order valence-corrected chi connectivity index (χ0v) is 12.8. The second-order valence-corrected chi connectivity index (χ2v) is 6.06. The van der Waals surface area contributed by atoms with Crippen LogP contribution in [0.2, 0.25) is 0 Å². The van der Waals surface area contributed by atoms with Crippen LogP contribution in [-0.2, 0) is 4.74 Å². The third kappa shape index (κ3) is 7.05. The van der Waals surface area contributed by atoms with Crippen molar-refractivity contribution in [2.24, 2.45) is 17.6 Å². The van der Waals surface area contributed by atoms with Crippen LogP contribution in [0.5, 0.6) is 0 Å². The predicted molar refractivity (Wildman–Crippen MR) is 76.2 cm³/mol. The van der Waals surface area contributed by atoms with Gasteiger partial charge in [0.2, 0.25) is 0 Å². The zero-order chi connectivity index (χ0) is 13.5. The van der Waals surface area contributed by atoms with Crippen LogP contribution in [0, 0.1) is 11.8 Å². The van der Waals surface area contributed by atoms with Crippen LogP contribution < -0.4 is 5.73 Å². The first-order valence-corrected chi connectivity index (χ1v) is 7.24. The van der Waals surface area contributed by atoms with Gasteiger partial charge < -0.3 is 10.5 Å². The van der Waals surface area contributed by atoms with Crippen LogP contribution in [0.3, 0.4) is 0 Å². The average Bonchev–Trinajstić information content (AvgIpc) is 2.24. The van der Waals surface area contributed by atoms with E-state index in [1.165, 1.54) is 6.42 Å². The fourth-order valence-corrected chi connectivity index (χ4v) is 2.34. The summed E-state index contributed by atoms with van der Waals surface area (Å²) >= 11 is 0. The molecule has 0 heterocycles. The number of ether oxygens (including phenoxy) is 1. The molecular weight excluding hydrogens is 210 g/mol. The van der Waals surface area contributed by atoms with E-state index in [2.05, 4.69) is 41.5 Å². The van der Waals surface area contributed by atoms with Gasteiger partial charge in [-0.05, 0) is 38.5 Å². The van der Waals surface area contributed by atoms with Crippen LogP contribution >= 0.6 is 0 Å². The largest absolute Gasteiger partial charge is 0.375 e. The lowest BCUT2D eigenvalue weighted by Crippen LogP contribution is -2.37. The third-order valence-corrected chi connectivity index (χ3v) is 3.84. The van der Waals surface area contributed by atoms with Crippen LogP contribution in [-0.4, -0.2) is 18.2 Å². The highest BCUT2D eigenvalue weighted by Gasteiger charge is 2.26. The molecule has 0 aliphatic carbocycles. The SMILES string of the molecule is CCCC(C)(CC(C)N)OCC(C)C(C)CC. The van der Waals surface area contributed by atoms with Gasteiger partial charge in [0.1, 0.15) is 0 Å². The van der Waals surface area contributed by atoms with Gasteiger partial charge in [-0.1, -0.05) is 40.5 Å². The number of hydrogen-bond donors (Lipinski definition) is 1. The maximum atomic E-state index is 6.19. The molecule has 2 heteroatoms. The second-order valence-electron chi connectivity index (χ2n) is 6.06. The van der Waals surface area contributed by atoms with Crippen LogP contribution in [0.1, 0.15) is 67.2 Å².